The van der Waals surface area contributed by atoms with Gasteiger partial charge in [-0.3, -0.25) is 42.8 Å². The van der Waals surface area contributed by atoms with Crippen LogP contribution in [-0.2, 0) is 46.4 Å². The third-order valence-electron chi connectivity index (χ3n) is 22.2. The number of aryl methyl sites for hydroxylation is 1. The van der Waals surface area contributed by atoms with Crippen LogP contribution in [0.25, 0.3) is 33.8 Å². The van der Waals surface area contributed by atoms with Gasteiger partial charge in [-0.25, -0.2) is 14.0 Å². The summed E-state index contributed by atoms with van der Waals surface area (Å²) < 4.78 is 88.9. The molecule has 588 valence electrons. The zero-order chi connectivity index (χ0) is 81.0. The van der Waals surface area contributed by atoms with E-state index < -0.39 is 46.2 Å². The van der Waals surface area contributed by atoms with Gasteiger partial charge >= 0.3 is 12.4 Å². The van der Waals surface area contributed by atoms with Crippen molar-refractivity contribution in [1.82, 2.24) is 73.4 Å². The molecule has 15 rings (SSSR count). The van der Waals surface area contributed by atoms with Crippen LogP contribution in [0.5, 0.6) is 0 Å². The highest BCUT2D eigenvalue weighted by atomic mass is 35.5. The third-order valence-corrected chi connectivity index (χ3v) is 22.9. The lowest BCUT2D eigenvalue weighted by Gasteiger charge is -2.45. The second kappa shape index (κ2) is 30.9. The predicted molar refractivity (Wildman–Crippen MR) is 407 cm³/mol. The Kier molecular flexibility index (Phi) is 21.6. The number of halogens is 8. The van der Waals surface area contributed by atoms with Gasteiger partial charge in [0.2, 0.25) is 0 Å². The molecule has 113 heavy (non-hydrogen) atoms. The Bertz CT molecular complexity index is 5310. The van der Waals surface area contributed by atoms with Crippen molar-refractivity contribution in [2.45, 2.75) is 136 Å². The molecule has 3 aromatic carbocycles. The summed E-state index contributed by atoms with van der Waals surface area (Å²) in [6.45, 7) is 11.2. The van der Waals surface area contributed by atoms with Gasteiger partial charge in [0.1, 0.15) is 51.2 Å². The zero-order valence-corrected chi connectivity index (χ0v) is 63.4. The van der Waals surface area contributed by atoms with Crippen LogP contribution in [0.2, 0.25) is 10.0 Å². The summed E-state index contributed by atoms with van der Waals surface area (Å²) in [5.41, 5.74) is 39.6. The van der Waals surface area contributed by atoms with Crippen molar-refractivity contribution in [2.24, 2.45) is 33.4 Å². The van der Waals surface area contributed by atoms with E-state index >= 15 is 0 Å². The van der Waals surface area contributed by atoms with E-state index in [1.807, 2.05) is 35.4 Å². The molecule has 9 heterocycles. The number of likely N-dealkylation sites (tertiary alicyclic amines) is 3. The van der Waals surface area contributed by atoms with E-state index in [-0.39, 0.29) is 116 Å². The van der Waals surface area contributed by atoms with Crippen LogP contribution in [0, 0.1) is 58.7 Å². The highest BCUT2D eigenvalue weighted by Crippen LogP contribution is 2.58. The maximum Gasteiger partial charge on any atom is 0.417 e. The number of hydrogen-bond acceptors (Lipinski definition) is 15. The second-order valence-corrected chi connectivity index (χ2v) is 30.6. The fraction of sp³-hybridized carbons (Fsp3) is 0.385. The molecule has 3 saturated heterocycles. The number of nitrogens with two attached hydrogens (primary N) is 6. The van der Waals surface area contributed by atoms with Gasteiger partial charge in [0, 0.05) is 79.6 Å². The Morgan fingerprint density at radius 3 is 1.22 bits per heavy atom. The molecule has 12 N–H and O–H groups in total. The first kappa shape index (κ1) is 79.1. The Balaban J connectivity index is 0.000000148. The van der Waals surface area contributed by atoms with E-state index in [1.54, 1.807) is 74.8 Å². The van der Waals surface area contributed by atoms with Crippen LogP contribution in [0.4, 0.5) is 43.8 Å². The number of primary amides is 3. The van der Waals surface area contributed by atoms with Crippen molar-refractivity contribution in [3.8, 4) is 69.3 Å². The van der Waals surface area contributed by atoms with Crippen molar-refractivity contribution in [1.29, 1.82) is 0 Å². The molecule has 0 radical (unpaired) electrons. The van der Waals surface area contributed by atoms with Crippen LogP contribution >= 0.6 is 23.2 Å². The van der Waals surface area contributed by atoms with Gasteiger partial charge in [-0.05, 0) is 172 Å². The number of benzene rings is 3. The second-order valence-electron chi connectivity index (χ2n) is 29.8. The summed E-state index contributed by atoms with van der Waals surface area (Å²) >= 11 is 12.1. The zero-order valence-electron chi connectivity index (χ0n) is 61.8. The number of hydrogen-bond donors (Lipinski definition) is 6. The number of carbonyl (C=O) groups is 6. The fourth-order valence-electron chi connectivity index (χ4n) is 16.6. The Morgan fingerprint density at radius 1 is 0.496 bits per heavy atom. The molecule has 3 spiro atoms. The molecule has 35 heteroatoms. The van der Waals surface area contributed by atoms with Crippen LogP contribution in [0.1, 0.15) is 161 Å². The number of nitrogens with zero attached hydrogens (tertiary/aromatic N) is 15. The van der Waals surface area contributed by atoms with Crippen LogP contribution in [0.15, 0.2) is 97.8 Å². The number of alkyl halides is 6. The third kappa shape index (κ3) is 16.1. The van der Waals surface area contributed by atoms with E-state index in [4.69, 9.17) is 62.7 Å². The molecule has 3 aliphatic heterocycles. The molecule has 6 aliphatic rings. The minimum Gasteiger partial charge on any atom is -0.383 e. The Morgan fingerprint density at radius 2 is 0.867 bits per heavy atom. The fourth-order valence-corrected chi connectivity index (χ4v) is 17.1. The summed E-state index contributed by atoms with van der Waals surface area (Å²) in [4.78, 5) is 78.8. The minimum atomic E-state index is -4.58. The van der Waals surface area contributed by atoms with Gasteiger partial charge in [-0.15, -0.1) is 0 Å². The first-order chi connectivity index (χ1) is 53.6. The van der Waals surface area contributed by atoms with Crippen molar-refractivity contribution >= 4 is 76.1 Å². The average molecular weight is 1590 g/mol. The van der Waals surface area contributed by atoms with Crippen molar-refractivity contribution in [2.75, 3.05) is 56.5 Å². The number of rotatable bonds is 15. The van der Waals surface area contributed by atoms with Crippen LogP contribution < -0.4 is 34.4 Å². The minimum absolute atomic E-state index is 0.0329. The van der Waals surface area contributed by atoms with E-state index in [9.17, 15) is 55.1 Å². The molecule has 0 unspecified atom stereocenters. The monoisotopic (exact) mass is 1590 g/mol. The molecule has 0 atom stereocenters. The van der Waals surface area contributed by atoms with Crippen molar-refractivity contribution in [3.05, 3.63) is 158 Å². The first-order valence-electron chi connectivity index (χ1n) is 36.1. The normalized spacial score (nSPS) is 20.7. The lowest BCUT2D eigenvalue weighted by atomic mass is 9.65. The average Bonchev–Trinajstić information content (AvgIpc) is 1.60. The number of anilines is 3. The summed E-state index contributed by atoms with van der Waals surface area (Å²) in [6.07, 6.45) is 7.75. The molecule has 6 amide bonds. The lowest BCUT2D eigenvalue weighted by Crippen LogP contribution is -2.42. The Labute approximate surface area is 654 Å². The largest absolute Gasteiger partial charge is 0.417 e. The molecule has 27 nitrogen and oxygen atoms in total. The summed E-state index contributed by atoms with van der Waals surface area (Å²) in [5, 5.41) is 27.1. The van der Waals surface area contributed by atoms with E-state index in [0.29, 0.717) is 84.3 Å². The van der Waals surface area contributed by atoms with Crippen LogP contribution in [0.3, 0.4) is 0 Å². The van der Waals surface area contributed by atoms with Crippen LogP contribution in [-0.4, -0.2) is 148 Å². The van der Waals surface area contributed by atoms with Crippen molar-refractivity contribution in [3.63, 3.8) is 0 Å². The topological polar surface area (TPSA) is 375 Å². The maximum atomic E-state index is 13.2. The summed E-state index contributed by atoms with van der Waals surface area (Å²) in [7, 11) is 0. The standard InChI is InChI=1S/C27H28F3N7O2.C26H25ClF3N7O2.C25H26ClN7O2/c1-3-4-21(38)35-8-7-26(15-35)10-20(11-26)37-24(31)22(25(32)39)23(34-37)18-12-33-36(14-18)13-17-9-19(27(28,29)30)6-5-16(17)2;1-2-4-19(38)35-8-7-25(14-35)9-17(10-25)37-23(31)20(24(32)39)22(34-37)16-11-33-36(13-16)12-15-5-3-6-18(21(15)27)26(28,29)30;1-2-4-20(34)31-8-7-25(15-31)10-19(11-25)33-23(27)21(24(28)35)22(30-33)17-12-29-32(14-17)13-16-5-3-6-18(26)9-16/h5-6,9,12,14,20H,7-8,10-11,13,15,31H2,1-2H3,(H2,32,39);3,5-6,11,13,17H,7-10,12,14,31H2,1H3,(H2,32,39);3,5-6,9,12,14,19H,7-8,10-11,13,15,27H2,1H3,(H2,28,35). The van der Waals surface area contributed by atoms with Gasteiger partial charge in [0.05, 0.1) is 72.5 Å². The predicted octanol–water partition coefficient (Wildman–Crippen LogP) is 9.81. The van der Waals surface area contributed by atoms with E-state index in [0.717, 1.165) is 81.5 Å². The molecule has 0 bridgehead atoms. The maximum absolute atomic E-state index is 13.2. The lowest BCUT2D eigenvalue weighted by molar-refractivity contribution is -0.138. The number of amides is 6. The smallest absolute Gasteiger partial charge is 0.383 e. The number of nitrogen functional groups attached to an aromatic ring is 3. The summed E-state index contributed by atoms with van der Waals surface area (Å²) in [6, 6.07) is 14.7. The van der Waals surface area contributed by atoms with Gasteiger partial charge in [-0.1, -0.05) is 71.3 Å². The van der Waals surface area contributed by atoms with Gasteiger partial charge in [0.25, 0.3) is 35.4 Å². The molecular formula is C78H79Cl2F6N21O6. The molecule has 3 saturated carbocycles. The molecule has 9 aromatic rings. The van der Waals surface area contributed by atoms with Crippen molar-refractivity contribution < 1.29 is 55.1 Å². The van der Waals surface area contributed by atoms with Gasteiger partial charge in [0.15, 0.2) is 0 Å². The van der Waals surface area contributed by atoms with E-state index in [1.165, 1.54) is 40.0 Å². The highest BCUT2D eigenvalue weighted by molar-refractivity contribution is 6.32. The molecular weight excluding hydrogens is 1510 g/mol. The SMILES string of the molecule is CC#CC(=O)N1CCC2(CC(n3nc(-c4cnn(Cc5cc(C(F)(F)F)ccc5C)c4)c(C(N)=O)c3N)C2)C1.CC#CC(=O)N1CCC2(CC(n3nc(-c4cnn(Cc5cccc(C(F)(F)F)c5Cl)c4)c(C(N)=O)c3N)C2)C1.CC#CC(=O)N1CCC2(CC(n3nc(-c4cnn(Cc5cccc(Cl)c5)c4)c(C(N)=O)c3N)C2)C1. The molecule has 3 aliphatic carbocycles. The van der Waals surface area contributed by atoms with E-state index in [2.05, 4.69) is 61.0 Å². The highest BCUT2D eigenvalue weighted by Gasteiger charge is 2.54. The van der Waals surface area contributed by atoms with Gasteiger partial charge in [-0.2, -0.15) is 56.9 Å². The molecule has 6 aromatic heterocycles. The quantitative estimate of drug-likeness (QED) is 0.0411. The number of carbonyl (C=O) groups excluding carboxylic acids is 6. The Hall–Kier alpha value is -12.0. The number of aromatic nitrogens is 12. The summed E-state index contributed by atoms with van der Waals surface area (Å²) in [5.74, 6) is 13.7. The van der Waals surface area contributed by atoms with Gasteiger partial charge < -0.3 is 49.1 Å². The first-order valence-corrected chi connectivity index (χ1v) is 36.9. The molecule has 6 fully saturated rings.